The van der Waals surface area contributed by atoms with Crippen LogP contribution in [0.1, 0.15) is 0 Å². The minimum atomic E-state index is -2.85. The third-order valence-electron chi connectivity index (χ3n) is 5.82. The van der Waals surface area contributed by atoms with E-state index in [0.717, 1.165) is 16.7 Å². The van der Waals surface area contributed by atoms with Crippen LogP contribution in [0.4, 0.5) is 11.4 Å². The topological polar surface area (TPSA) is 105 Å². The number of thiol groups is 1. The van der Waals surface area contributed by atoms with Crippen molar-refractivity contribution in [3.63, 3.8) is 0 Å². The quantitative estimate of drug-likeness (QED) is 0.166. The van der Waals surface area contributed by atoms with Gasteiger partial charge in [-0.25, -0.2) is 8.42 Å². The largest absolute Gasteiger partial charge is 0.455 e. The molecule has 0 aromatic heterocycles. The number of anilines is 2. The average Bonchev–Trinajstić information content (AvgIpc) is 2.91. The summed E-state index contributed by atoms with van der Waals surface area (Å²) in [5, 5.41) is 0. The van der Waals surface area contributed by atoms with Gasteiger partial charge in [0.1, 0.15) is 23.0 Å². The molecular formula is C30H24N2O4S. The first kappa shape index (κ1) is 24.0. The second-order valence-corrected chi connectivity index (χ2v) is 9.28. The van der Waals surface area contributed by atoms with Gasteiger partial charge in [-0.2, -0.15) is 0 Å². The van der Waals surface area contributed by atoms with Gasteiger partial charge in [0.2, 0.25) is 0 Å². The van der Waals surface area contributed by atoms with Gasteiger partial charge < -0.3 is 20.9 Å². The fourth-order valence-corrected chi connectivity index (χ4v) is 4.69. The zero-order valence-electron chi connectivity index (χ0n) is 19.7. The van der Waals surface area contributed by atoms with Crippen molar-refractivity contribution in [3.05, 3.63) is 115 Å². The van der Waals surface area contributed by atoms with Crippen molar-refractivity contribution in [1.82, 2.24) is 0 Å². The highest BCUT2D eigenvalue weighted by molar-refractivity contribution is 7.72. The molecule has 7 heteroatoms. The van der Waals surface area contributed by atoms with Gasteiger partial charge in [0.25, 0.3) is 0 Å². The van der Waals surface area contributed by atoms with Crippen LogP contribution in [0.25, 0.3) is 22.3 Å². The van der Waals surface area contributed by atoms with Gasteiger partial charge in [-0.3, -0.25) is 0 Å². The Morgan fingerprint density at radius 1 is 0.541 bits per heavy atom. The van der Waals surface area contributed by atoms with Crippen LogP contribution < -0.4 is 20.9 Å². The number of benzene rings is 5. The summed E-state index contributed by atoms with van der Waals surface area (Å²) < 4.78 is 36.4. The summed E-state index contributed by atoms with van der Waals surface area (Å²) >= 11 is 0. The molecule has 0 aliphatic heterocycles. The second kappa shape index (κ2) is 10.5. The molecule has 0 aliphatic rings. The van der Waals surface area contributed by atoms with Gasteiger partial charge in [0.05, 0.1) is 16.3 Å². The Morgan fingerprint density at radius 2 is 1.14 bits per heavy atom. The summed E-state index contributed by atoms with van der Waals surface area (Å²) in [7, 11) is -2.85. The number of ether oxygens (including phenoxy) is 2. The maximum Gasteiger partial charge on any atom is 0.168 e. The maximum atomic E-state index is 12.2. The molecule has 184 valence electrons. The molecule has 0 unspecified atom stereocenters. The Hall–Kier alpha value is -4.75. The first-order valence-electron chi connectivity index (χ1n) is 11.5. The Labute approximate surface area is 216 Å². The molecule has 0 atom stereocenters. The van der Waals surface area contributed by atoms with Gasteiger partial charge in [-0.05, 0) is 71.3 Å². The highest BCUT2D eigenvalue weighted by Gasteiger charge is 2.15. The molecule has 5 aromatic carbocycles. The van der Waals surface area contributed by atoms with Gasteiger partial charge >= 0.3 is 0 Å². The molecule has 0 amide bonds. The SMILES string of the molecule is Nc1ccccc1Oc1ccc(-c2c(-c3cccc(Oc4ccccc4N)c3)cccc2[SH](=O)=O)cc1. The van der Waals surface area contributed by atoms with Crippen molar-refractivity contribution in [2.45, 2.75) is 4.90 Å². The van der Waals surface area contributed by atoms with Gasteiger partial charge in [0, 0.05) is 5.56 Å². The second-order valence-electron chi connectivity index (χ2n) is 8.29. The van der Waals surface area contributed by atoms with Gasteiger partial charge in [-0.1, -0.05) is 60.7 Å². The number of hydrogen-bond acceptors (Lipinski definition) is 6. The predicted molar refractivity (Wildman–Crippen MR) is 148 cm³/mol. The number of nitrogens with two attached hydrogens (primary N) is 2. The van der Waals surface area contributed by atoms with E-state index in [9.17, 15) is 8.42 Å². The highest BCUT2D eigenvalue weighted by atomic mass is 32.2. The molecule has 4 N–H and O–H groups in total. The summed E-state index contributed by atoms with van der Waals surface area (Å²) in [5.41, 5.74) is 16.0. The summed E-state index contributed by atoms with van der Waals surface area (Å²) in [4.78, 5) is 0.229. The predicted octanol–water partition coefficient (Wildman–Crippen LogP) is 6.74. The standard InChI is InChI=1S/C30H24N2O4S/c31-25-10-1-3-12-27(25)35-22-17-15-20(16-18-22)30-24(9-6-14-29(30)37(33)34)21-7-5-8-23(19-21)36-28-13-4-2-11-26(28)32/h1-19,37H,31-32H2. The third-order valence-corrected chi connectivity index (χ3v) is 6.59. The van der Waals surface area contributed by atoms with Crippen molar-refractivity contribution >= 4 is 22.1 Å². The van der Waals surface area contributed by atoms with E-state index in [1.807, 2.05) is 66.7 Å². The van der Waals surface area contributed by atoms with E-state index in [0.29, 0.717) is 39.9 Å². The average molecular weight is 509 g/mol. The molecule has 0 heterocycles. The smallest absolute Gasteiger partial charge is 0.168 e. The fourth-order valence-electron chi connectivity index (χ4n) is 4.05. The molecule has 0 saturated carbocycles. The number of hydrogen-bond donors (Lipinski definition) is 3. The van der Waals surface area contributed by atoms with Crippen LogP contribution in [-0.2, 0) is 10.7 Å². The van der Waals surface area contributed by atoms with E-state index in [1.54, 1.807) is 48.5 Å². The number of rotatable bonds is 7. The third kappa shape index (κ3) is 5.27. The van der Waals surface area contributed by atoms with E-state index < -0.39 is 10.7 Å². The van der Waals surface area contributed by atoms with Crippen LogP contribution in [0.2, 0.25) is 0 Å². The van der Waals surface area contributed by atoms with E-state index in [1.165, 1.54) is 0 Å². The molecule has 6 nitrogen and oxygen atoms in total. The Bertz CT molecular complexity index is 1640. The van der Waals surface area contributed by atoms with Crippen molar-refractivity contribution in [3.8, 4) is 45.3 Å². The summed E-state index contributed by atoms with van der Waals surface area (Å²) in [6.07, 6.45) is 0. The van der Waals surface area contributed by atoms with Crippen LogP contribution in [-0.4, -0.2) is 8.42 Å². The molecule has 0 radical (unpaired) electrons. The van der Waals surface area contributed by atoms with Gasteiger partial charge in [0.15, 0.2) is 10.7 Å². The molecule has 37 heavy (non-hydrogen) atoms. The zero-order valence-corrected chi connectivity index (χ0v) is 20.6. The lowest BCUT2D eigenvalue weighted by Crippen LogP contribution is -1.94. The van der Waals surface area contributed by atoms with Crippen molar-refractivity contribution in [2.24, 2.45) is 0 Å². The fraction of sp³-hybridized carbons (Fsp3) is 0. The maximum absolute atomic E-state index is 12.2. The molecule has 0 spiro atoms. The first-order chi connectivity index (χ1) is 18.0. The van der Waals surface area contributed by atoms with Gasteiger partial charge in [-0.15, -0.1) is 0 Å². The van der Waals surface area contributed by atoms with E-state index in [-0.39, 0.29) is 4.90 Å². The molecule has 0 fully saturated rings. The molecular weight excluding hydrogens is 484 g/mol. The summed E-state index contributed by atoms with van der Waals surface area (Å²) in [6, 6.07) is 34.4. The van der Waals surface area contributed by atoms with Crippen molar-refractivity contribution < 1.29 is 17.9 Å². The molecule has 0 aliphatic carbocycles. The summed E-state index contributed by atoms with van der Waals surface area (Å²) in [5.74, 6) is 2.27. The van der Waals surface area contributed by atoms with E-state index in [2.05, 4.69) is 0 Å². The highest BCUT2D eigenvalue weighted by Crippen LogP contribution is 2.39. The Balaban J connectivity index is 1.53. The van der Waals surface area contributed by atoms with Crippen LogP contribution in [0.15, 0.2) is 120 Å². The molecule has 5 rings (SSSR count). The van der Waals surface area contributed by atoms with Crippen LogP contribution in [0.3, 0.4) is 0 Å². The minimum absolute atomic E-state index is 0.229. The number of nitrogen functional groups attached to an aromatic ring is 2. The zero-order chi connectivity index (χ0) is 25.8. The van der Waals surface area contributed by atoms with E-state index in [4.69, 9.17) is 20.9 Å². The molecule has 5 aromatic rings. The Kier molecular flexibility index (Phi) is 6.78. The van der Waals surface area contributed by atoms with Crippen LogP contribution in [0.5, 0.6) is 23.0 Å². The number of para-hydroxylation sites is 4. The van der Waals surface area contributed by atoms with Crippen molar-refractivity contribution in [1.29, 1.82) is 0 Å². The monoisotopic (exact) mass is 508 g/mol. The van der Waals surface area contributed by atoms with Crippen LogP contribution in [0, 0.1) is 0 Å². The first-order valence-corrected chi connectivity index (χ1v) is 12.7. The van der Waals surface area contributed by atoms with Crippen LogP contribution >= 0.6 is 0 Å². The van der Waals surface area contributed by atoms with E-state index >= 15 is 0 Å². The normalized spacial score (nSPS) is 10.8. The lowest BCUT2D eigenvalue weighted by atomic mass is 9.94. The molecule has 0 bridgehead atoms. The lowest BCUT2D eigenvalue weighted by Gasteiger charge is -2.15. The summed E-state index contributed by atoms with van der Waals surface area (Å²) in [6.45, 7) is 0. The molecule has 0 saturated heterocycles. The lowest BCUT2D eigenvalue weighted by molar-refractivity contribution is 0.485. The Morgan fingerprint density at radius 3 is 1.76 bits per heavy atom. The minimum Gasteiger partial charge on any atom is -0.455 e. The van der Waals surface area contributed by atoms with Crippen molar-refractivity contribution in [2.75, 3.05) is 11.5 Å².